The Morgan fingerprint density at radius 3 is 2.68 bits per heavy atom. The Bertz CT molecular complexity index is 1010. The summed E-state index contributed by atoms with van der Waals surface area (Å²) in [6.45, 7) is 0. The zero-order valence-corrected chi connectivity index (χ0v) is 18.1. The second-order valence-electron chi connectivity index (χ2n) is 5.80. The first-order chi connectivity index (χ1) is 13.6. The number of benzene rings is 2. The zero-order valence-electron chi connectivity index (χ0n) is 15.0. The van der Waals surface area contributed by atoms with Crippen LogP contribution in [-0.2, 0) is 11.5 Å². The Morgan fingerprint density at radius 2 is 1.96 bits per heavy atom. The summed E-state index contributed by atoms with van der Waals surface area (Å²) < 4.78 is 12.0. The first-order valence-corrected chi connectivity index (χ1v) is 10.6. The molecule has 3 aromatic rings. The van der Waals surface area contributed by atoms with Gasteiger partial charge in [0.05, 0.1) is 18.7 Å². The summed E-state index contributed by atoms with van der Waals surface area (Å²) in [6.07, 6.45) is 1.74. The molecule has 0 saturated heterocycles. The maximum Gasteiger partial charge on any atom is 0.231 e. The fraction of sp³-hybridized carbons (Fsp3) is 0.143. The van der Waals surface area contributed by atoms with Gasteiger partial charge in [0.15, 0.2) is 5.75 Å². The molecule has 0 unspecified atom stereocenters. The van der Waals surface area contributed by atoms with Gasteiger partial charge in [-0.15, -0.1) is 0 Å². The van der Waals surface area contributed by atoms with Gasteiger partial charge in [0, 0.05) is 28.3 Å². The Hall–Kier alpha value is -2.20. The molecule has 0 aliphatic heterocycles. The smallest absolute Gasteiger partial charge is 0.231 e. The van der Waals surface area contributed by atoms with E-state index in [9.17, 15) is 0 Å². The van der Waals surface area contributed by atoms with E-state index in [-0.39, 0.29) is 0 Å². The highest BCUT2D eigenvalue weighted by Crippen LogP contribution is 2.40. The standard InChI is InChI=1S/C21H16BrClN2O2S/c1-26-21-19(22)20(27-18-8-15(10-24)7-17(23)9-18)16(11-25-21)13-28-12-14-5-3-2-4-6-14/h2-9,11H,12-13H2,1H3. The van der Waals surface area contributed by atoms with Crippen molar-refractivity contribution in [3.8, 4) is 23.4 Å². The summed E-state index contributed by atoms with van der Waals surface area (Å²) in [4.78, 5) is 4.34. The number of nitrogens with zero attached hydrogens (tertiary/aromatic N) is 2. The number of hydrogen-bond donors (Lipinski definition) is 0. The summed E-state index contributed by atoms with van der Waals surface area (Å²) in [5.41, 5.74) is 2.59. The molecule has 0 N–H and O–H groups in total. The molecule has 0 aliphatic rings. The molecule has 0 bridgehead atoms. The van der Waals surface area contributed by atoms with Crippen LogP contribution in [0, 0.1) is 11.3 Å². The quantitative estimate of drug-likeness (QED) is 0.385. The van der Waals surface area contributed by atoms with E-state index in [1.54, 1.807) is 43.3 Å². The van der Waals surface area contributed by atoms with Gasteiger partial charge in [0.25, 0.3) is 0 Å². The number of aromatic nitrogens is 1. The number of halogens is 2. The molecule has 0 saturated carbocycles. The second-order valence-corrected chi connectivity index (χ2v) is 8.02. The van der Waals surface area contributed by atoms with Crippen molar-refractivity contribution in [1.82, 2.24) is 4.98 Å². The number of pyridine rings is 1. The largest absolute Gasteiger partial charge is 0.480 e. The van der Waals surface area contributed by atoms with Gasteiger partial charge in [-0.2, -0.15) is 17.0 Å². The molecule has 1 aromatic heterocycles. The number of methoxy groups -OCH3 is 1. The third-order valence-electron chi connectivity index (χ3n) is 3.80. The molecule has 4 nitrogen and oxygen atoms in total. The molecule has 142 valence electrons. The van der Waals surface area contributed by atoms with E-state index >= 15 is 0 Å². The van der Waals surface area contributed by atoms with Crippen molar-refractivity contribution in [2.24, 2.45) is 0 Å². The predicted molar refractivity (Wildman–Crippen MR) is 116 cm³/mol. The number of nitriles is 1. The lowest BCUT2D eigenvalue weighted by Crippen LogP contribution is -1.98. The minimum Gasteiger partial charge on any atom is -0.480 e. The van der Waals surface area contributed by atoms with Crippen molar-refractivity contribution in [3.05, 3.63) is 80.9 Å². The summed E-state index contributed by atoms with van der Waals surface area (Å²) in [6, 6.07) is 17.2. The van der Waals surface area contributed by atoms with E-state index in [4.69, 9.17) is 26.3 Å². The summed E-state index contributed by atoms with van der Waals surface area (Å²) in [5, 5.41) is 9.60. The topological polar surface area (TPSA) is 55.1 Å². The van der Waals surface area contributed by atoms with Crippen LogP contribution in [-0.4, -0.2) is 12.1 Å². The molecular formula is C21H16BrClN2O2S. The van der Waals surface area contributed by atoms with Crippen molar-refractivity contribution < 1.29 is 9.47 Å². The summed E-state index contributed by atoms with van der Waals surface area (Å²) >= 11 is 11.4. The average Bonchev–Trinajstić information content (AvgIpc) is 2.71. The van der Waals surface area contributed by atoms with Crippen molar-refractivity contribution in [1.29, 1.82) is 5.26 Å². The van der Waals surface area contributed by atoms with Crippen LogP contribution in [0.3, 0.4) is 0 Å². The Morgan fingerprint density at radius 1 is 1.18 bits per heavy atom. The van der Waals surface area contributed by atoms with Gasteiger partial charge in [-0.1, -0.05) is 41.9 Å². The van der Waals surface area contributed by atoms with Gasteiger partial charge in [-0.05, 0) is 39.7 Å². The van der Waals surface area contributed by atoms with Gasteiger partial charge in [-0.3, -0.25) is 0 Å². The number of hydrogen-bond acceptors (Lipinski definition) is 5. The molecular weight excluding hydrogens is 460 g/mol. The van der Waals surface area contributed by atoms with E-state index in [1.807, 2.05) is 18.2 Å². The molecule has 1 heterocycles. The van der Waals surface area contributed by atoms with Crippen molar-refractivity contribution in [3.63, 3.8) is 0 Å². The average molecular weight is 476 g/mol. The van der Waals surface area contributed by atoms with Crippen LogP contribution in [0.25, 0.3) is 0 Å². The molecule has 0 fully saturated rings. The SMILES string of the molecule is COc1ncc(CSCc2ccccc2)c(Oc2cc(Cl)cc(C#N)c2)c1Br. The third kappa shape index (κ3) is 5.20. The van der Waals surface area contributed by atoms with E-state index < -0.39 is 0 Å². The molecule has 0 aliphatic carbocycles. The normalized spacial score (nSPS) is 10.4. The van der Waals surface area contributed by atoms with Gasteiger partial charge < -0.3 is 9.47 Å². The Balaban J connectivity index is 1.85. The molecule has 2 aromatic carbocycles. The fourth-order valence-corrected chi connectivity index (χ4v) is 4.28. The van der Waals surface area contributed by atoms with Gasteiger partial charge >= 0.3 is 0 Å². The summed E-state index contributed by atoms with van der Waals surface area (Å²) in [5.74, 6) is 3.07. The minimum atomic E-state index is 0.425. The van der Waals surface area contributed by atoms with Gasteiger partial charge in [-0.25, -0.2) is 4.98 Å². The molecule has 7 heteroatoms. The lowest BCUT2D eigenvalue weighted by atomic mass is 10.2. The highest BCUT2D eigenvalue weighted by molar-refractivity contribution is 9.10. The first kappa shape index (κ1) is 20.5. The van der Waals surface area contributed by atoms with Crippen LogP contribution >= 0.6 is 39.3 Å². The number of ether oxygens (including phenoxy) is 2. The van der Waals surface area contributed by atoms with Crippen molar-refractivity contribution in [2.45, 2.75) is 11.5 Å². The lowest BCUT2D eigenvalue weighted by Gasteiger charge is -2.15. The first-order valence-electron chi connectivity index (χ1n) is 8.32. The fourth-order valence-electron chi connectivity index (χ4n) is 2.50. The molecule has 0 radical (unpaired) electrons. The number of thioether (sulfide) groups is 1. The predicted octanol–water partition coefficient (Wildman–Crippen LogP) is 6.60. The van der Waals surface area contributed by atoms with Crippen LogP contribution in [0.2, 0.25) is 5.02 Å². The van der Waals surface area contributed by atoms with Crippen LogP contribution < -0.4 is 9.47 Å². The van der Waals surface area contributed by atoms with Crippen LogP contribution in [0.1, 0.15) is 16.7 Å². The molecule has 0 amide bonds. The molecule has 0 atom stereocenters. The van der Waals surface area contributed by atoms with Crippen LogP contribution in [0.15, 0.2) is 59.2 Å². The number of rotatable bonds is 7. The maximum atomic E-state index is 9.16. The van der Waals surface area contributed by atoms with Gasteiger partial charge in [0.1, 0.15) is 10.2 Å². The summed E-state index contributed by atoms with van der Waals surface area (Å²) in [7, 11) is 1.55. The molecule has 0 spiro atoms. The monoisotopic (exact) mass is 474 g/mol. The highest BCUT2D eigenvalue weighted by Gasteiger charge is 2.17. The molecule has 3 rings (SSSR count). The van der Waals surface area contributed by atoms with Crippen molar-refractivity contribution in [2.75, 3.05) is 7.11 Å². The minimum absolute atomic E-state index is 0.425. The van der Waals surface area contributed by atoms with Crippen LogP contribution in [0.5, 0.6) is 17.4 Å². The highest BCUT2D eigenvalue weighted by atomic mass is 79.9. The van der Waals surface area contributed by atoms with Crippen molar-refractivity contribution >= 4 is 39.3 Å². The van der Waals surface area contributed by atoms with E-state index in [0.717, 1.165) is 11.3 Å². The van der Waals surface area contributed by atoms with E-state index in [1.165, 1.54) is 5.56 Å². The lowest BCUT2D eigenvalue weighted by molar-refractivity contribution is 0.387. The Labute approximate surface area is 181 Å². The van der Waals surface area contributed by atoms with Gasteiger partial charge in [0.2, 0.25) is 5.88 Å². The Kier molecular flexibility index (Phi) is 7.21. The molecule has 28 heavy (non-hydrogen) atoms. The third-order valence-corrected chi connectivity index (χ3v) is 5.77. The van der Waals surface area contributed by atoms with E-state index in [0.29, 0.717) is 38.2 Å². The zero-order chi connectivity index (χ0) is 19.9. The second kappa shape index (κ2) is 9.83. The van der Waals surface area contributed by atoms with E-state index in [2.05, 4.69) is 39.1 Å². The maximum absolute atomic E-state index is 9.16. The van der Waals surface area contributed by atoms with Crippen LogP contribution in [0.4, 0.5) is 0 Å².